The monoisotopic (exact) mass is 452 g/mol. The van der Waals surface area contributed by atoms with E-state index in [9.17, 15) is 19.5 Å². The summed E-state index contributed by atoms with van der Waals surface area (Å²) in [6, 6.07) is 15.0. The predicted molar refractivity (Wildman–Crippen MR) is 121 cm³/mol. The van der Waals surface area contributed by atoms with Crippen molar-refractivity contribution in [1.29, 1.82) is 0 Å². The number of alkyl carbamates (subject to hydrolysis) is 1. The van der Waals surface area contributed by atoms with Crippen LogP contribution in [0, 0.1) is 0 Å². The van der Waals surface area contributed by atoms with Crippen molar-refractivity contribution in [2.45, 2.75) is 43.7 Å². The van der Waals surface area contributed by atoms with Gasteiger partial charge in [-0.2, -0.15) is 0 Å². The molecule has 2 amide bonds. The molecule has 1 aliphatic carbocycles. The molecule has 0 spiro atoms. The van der Waals surface area contributed by atoms with Gasteiger partial charge in [0.25, 0.3) is 0 Å². The van der Waals surface area contributed by atoms with E-state index in [2.05, 4.69) is 22.8 Å². The highest BCUT2D eigenvalue weighted by Gasteiger charge is 2.45. The van der Waals surface area contributed by atoms with Crippen LogP contribution in [0.1, 0.15) is 43.2 Å². The van der Waals surface area contributed by atoms with Crippen LogP contribution < -0.4 is 10.6 Å². The zero-order valence-corrected chi connectivity index (χ0v) is 18.5. The molecule has 2 unspecified atom stereocenters. The summed E-state index contributed by atoms with van der Waals surface area (Å²) in [6.45, 7) is 2.20. The molecule has 1 fully saturated rings. The van der Waals surface area contributed by atoms with Gasteiger partial charge in [0.05, 0.1) is 6.61 Å². The summed E-state index contributed by atoms with van der Waals surface area (Å²) in [5.74, 6) is -1.79. The topological polar surface area (TPSA) is 114 Å². The number of carboxylic acids is 1. The van der Waals surface area contributed by atoms with E-state index in [0.717, 1.165) is 22.3 Å². The predicted octanol–water partition coefficient (Wildman–Crippen LogP) is 3.05. The van der Waals surface area contributed by atoms with Gasteiger partial charge in [0.1, 0.15) is 18.2 Å². The quantitative estimate of drug-likeness (QED) is 0.567. The first-order chi connectivity index (χ1) is 15.9. The van der Waals surface area contributed by atoms with Crippen LogP contribution >= 0.6 is 0 Å². The van der Waals surface area contributed by atoms with E-state index < -0.39 is 29.6 Å². The number of fused-ring (bicyclic) bond motifs is 3. The molecular weight excluding hydrogens is 424 g/mol. The van der Waals surface area contributed by atoms with Crippen LogP contribution in [-0.4, -0.2) is 54.5 Å². The molecule has 0 bridgehead atoms. The molecule has 8 nitrogen and oxygen atoms in total. The first-order valence-corrected chi connectivity index (χ1v) is 11.2. The van der Waals surface area contributed by atoms with Gasteiger partial charge < -0.3 is 25.2 Å². The zero-order valence-electron chi connectivity index (χ0n) is 18.5. The number of hydrogen-bond donors (Lipinski definition) is 3. The van der Waals surface area contributed by atoms with Crippen molar-refractivity contribution in [3.63, 3.8) is 0 Å². The van der Waals surface area contributed by atoms with Gasteiger partial charge in [0.15, 0.2) is 0 Å². The van der Waals surface area contributed by atoms with Crippen LogP contribution in [0.25, 0.3) is 11.1 Å². The Morgan fingerprint density at radius 2 is 1.76 bits per heavy atom. The Morgan fingerprint density at radius 1 is 1.12 bits per heavy atom. The normalized spacial score (nSPS) is 19.9. The highest BCUT2D eigenvalue weighted by molar-refractivity contribution is 5.93. The molecule has 0 radical (unpaired) electrons. The van der Waals surface area contributed by atoms with Crippen LogP contribution in [0.3, 0.4) is 0 Å². The number of carbonyl (C=O) groups is 3. The third-order valence-electron chi connectivity index (χ3n) is 6.32. The maximum absolute atomic E-state index is 13.0. The number of ether oxygens (including phenoxy) is 2. The van der Waals surface area contributed by atoms with Crippen LogP contribution in [0.4, 0.5) is 4.79 Å². The van der Waals surface area contributed by atoms with E-state index in [1.54, 1.807) is 0 Å². The van der Waals surface area contributed by atoms with Gasteiger partial charge in [-0.15, -0.1) is 0 Å². The van der Waals surface area contributed by atoms with E-state index in [-0.39, 0.29) is 32.2 Å². The highest BCUT2D eigenvalue weighted by atomic mass is 16.6. The van der Waals surface area contributed by atoms with Crippen molar-refractivity contribution in [2.75, 3.05) is 19.8 Å². The molecule has 4 rings (SSSR count). The lowest BCUT2D eigenvalue weighted by molar-refractivity contribution is -0.143. The third-order valence-corrected chi connectivity index (χ3v) is 6.32. The van der Waals surface area contributed by atoms with Gasteiger partial charge in [0, 0.05) is 18.9 Å². The number of hydrogen-bond acceptors (Lipinski definition) is 5. The van der Waals surface area contributed by atoms with Gasteiger partial charge in [-0.1, -0.05) is 61.9 Å². The number of aliphatic carboxylic acids is 1. The molecule has 0 aromatic heterocycles. The molecule has 3 N–H and O–H groups in total. The van der Waals surface area contributed by atoms with Crippen LogP contribution in [0.2, 0.25) is 0 Å². The smallest absolute Gasteiger partial charge is 0.408 e. The second-order valence-electron chi connectivity index (χ2n) is 8.49. The summed E-state index contributed by atoms with van der Waals surface area (Å²) in [5.41, 5.74) is 3.07. The Hall–Kier alpha value is -3.39. The molecule has 0 saturated carbocycles. The summed E-state index contributed by atoms with van der Waals surface area (Å²) < 4.78 is 11.0. The Morgan fingerprint density at radius 3 is 2.30 bits per heavy atom. The molecule has 8 heteroatoms. The SMILES string of the molecule is CCCC(NC(=O)C1(NC(=O)OCC2c3ccccc3-c3ccccc32)CCOC1)C(=O)O. The summed E-state index contributed by atoms with van der Waals surface area (Å²) in [5, 5.41) is 14.6. The highest BCUT2D eigenvalue weighted by Crippen LogP contribution is 2.44. The average molecular weight is 453 g/mol. The second-order valence-corrected chi connectivity index (χ2v) is 8.49. The lowest BCUT2D eigenvalue weighted by Crippen LogP contribution is -2.61. The molecule has 2 aromatic rings. The maximum Gasteiger partial charge on any atom is 0.408 e. The third kappa shape index (κ3) is 4.57. The summed E-state index contributed by atoms with van der Waals surface area (Å²) in [4.78, 5) is 37.2. The molecule has 174 valence electrons. The minimum atomic E-state index is -1.36. The first-order valence-electron chi connectivity index (χ1n) is 11.2. The summed E-state index contributed by atoms with van der Waals surface area (Å²) in [7, 11) is 0. The number of nitrogens with one attached hydrogen (secondary N) is 2. The standard InChI is InChI=1S/C25H28N2O6/c1-2-7-21(22(28)29)26-23(30)25(12-13-32-15-25)27-24(31)33-14-20-18-10-5-3-8-16(18)17-9-4-6-11-19(17)20/h3-6,8-11,20-21H,2,7,12-15H2,1H3,(H,26,30)(H,27,31)(H,28,29). The Balaban J connectivity index is 1.44. The van der Waals surface area contributed by atoms with Crippen molar-refractivity contribution < 1.29 is 29.0 Å². The van der Waals surface area contributed by atoms with E-state index >= 15 is 0 Å². The van der Waals surface area contributed by atoms with E-state index in [1.807, 2.05) is 43.3 Å². The van der Waals surface area contributed by atoms with E-state index in [4.69, 9.17) is 9.47 Å². The number of benzene rings is 2. The van der Waals surface area contributed by atoms with Crippen molar-refractivity contribution in [3.8, 4) is 11.1 Å². The molecule has 33 heavy (non-hydrogen) atoms. The average Bonchev–Trinajstić information content (AvgIpc) is 3.41. The van der Waals surface area contributed by atoms with E-state index in [0.29, 0.717) is 12.8 Å². The summed E-state index contributed by atoms with van der Waals surface area (Å²) >= 11 is 0. The molecule has 2 atom stereocenters. The minimum Gasteiger partial charge on any atom is -0.480 e. The van der Waals surface area contributed by atoms with Crippen molar-refractivity contribution in [2.24, 2.45) is 0 Å². The largest absolute Gasteiger partial charge is 0.480 e. The number of amides is 2. The van der Waals surface area contributed by atoms with E-state index in [1.165, 1.54) is 0 Å². The van der Waals surface area contributed by atoms with Crippen LogP contribution in [-0.2, 0) is 19.1 Å². The number of carbonyl (C=O) groups excluding carboxylic acids is 2. The molecule has 2 aromatic carbocycles. The first kappa shape index (κ1) is 22.8. The molecule has 1 heterocycles. The molecular formula is C25H28N2O6. The molecule has 1 aliphatic heterocycles. The Kier molecular flexibility index (Phi) is 6.65. The van der Waals surface area contributed by atoms with Gasteiger partial charge >= 0.3 is 12.1 Å². The summed E-state index contributed by atoms with van der Waals surface area (Å²) in [6.07, 6.45) is 0.394. The Labute approximate surface area is 192 Å². The second kappa shape index (κ2) is 9.62. The van der Waals surface area contributed by atoms with Gasteiger partial charge in [-0.3, -0.25) is 4.79 Å². The molecule has 1 saturated heterocycles. The molecule has 2 aliphatic rings. The van der Waals surface area contributed by atoms with Gasteiger partial charge in [-0.25, -0.2) is 9.59 Å². The number of carboxylic acid groups (broad SMARTS) is 1. The minimum absolute atomic E-state index is 0.0402. The number of rotatable bonds is 8. The van der Waals surface area contributed by atoms with Gasteiger partial charge in [-0.05, 0) is 28.7 Å². The Bertz CT molecular complexity index is 1000. The fraction of sp³-hybridized carbons (Fsp3) is 0.400. The lowest BCUT2D eigenvalue weighted by Gasteiger charge is -2.29. The fourth-order valence-electron chi connectivity index (χ4n) is 4.57. The van der Waals surface area contributed by atoms with Crippen molar-refractivity contribution >= 4 is 18.0 Å². The van der Waals surface area contributed by atoms with Crippen molar-refractivity contribution in [1.82, 2.24) is 10.6 Å². The van der Waals surface area contributed by atoms with Crippen molar-refractivity contribution in [3.05, 3.63) is 59.7 Å². The lowest BCUT2D eigenvalue weighted by atomic mass is 9.96. The van der Waals surface area contributed by atoms with Crippen LogP contribution in [0.15, 0.2) is 48.5 Å². The van der Waals surface area contributed by atoms with Crippen LogP contribution in [0.5, 0.6) is 0 Å². The zero-order chi connectivity index (χ0) is 23.4. The van der Waals surface area contributed by atoms with Gasteiger partial charge in [0.2, 0.25) is 5.91 Å². The fourth-order valence-corrected chi connectivity index (χ4v) is 4.57. The maximum atomic E-state index is 13.0.